The van der Waals surface area contributed by atoms with E-state index in [-0.39, 0.29) is 12.5 Å². The van der Waals surface area contributed by atoms with Gasteiger partial charge in [0.05, 0.1) is 10.0 Å². The van der Waals surface area contributed by atoms with Gasteiger partial charge in [0.25, 0.3) is 5.91 Å². The van der Waals surface area contributed by atoms with Crippen LogP contribution in [0.3, 0.4) is 0 Å². The van der Waals surface area contributed by atoms with Crippen LogP contribution >= 0.6 is 38.9 Å². The van der Waals surface area contributed by atoms with Crippen LogP contribution in [-0.2, 0) is 4.79 Å². The van der Waals surface area contributed by atoms with Gasteiger partial charge in [-0.1, -0.05) is 11.6 Å². The number of amides is 1. The molecule has 0 aliphatic carbocycles. The average molecular weight is 400 g/mol. The molecular weight excluding hydrogens is 388 g/mol. The van der Waals surface area contributed by atoms with Gasteiger partial charge in [0.1, 0.15) is 16.8 Å². The summed E-state index contributed by atoms with van der Waals surface area (Å²) >= 11 is 10.5. The summed E-state index contributed by atoms with van der Waals surface area (Å²) in [5.74, 6) is 0.207. The van der Waals surface area contributed by atoms with E-state index < -0.39 is 0 Å². The lowest BCUT2D eigenvalue weighted by molar-refractivity contribution is -0.118. The van der Waals surface area contributed by atoms with Crippen LogP contribution in [0.2, 0.25) is 5.02 Å². The molecule has 2 rings (SSSR count). The summed E-state index contributed by atoms with van der Waals surface area (Å²) < 4.78 is 6.11. The van der Waals surface area contributed by atoms with Crippen LogP contribution in [0.5, 0.6) is 5.75 Å². The fourth-order valence-corrected chi connectivity index (χ4v) is 3.57. The summed E-state index contributed by atoms with van der Waals surface area (Å²) in [6, 6.07) is 7.16. The maximum atomic E-state index is 12.0. The number of nitriles is 1. The Kier molecular flexibility index (Phi) is 5.46. The van der Waals surface area contributed by atoms with E-state index in [0.29, 0.717) is 25.8 Å². The number of halogens is 2. The first-order valence-corrected chi connectivity index (χ1v) is 8.29. The van der Waals surface area contributed by atoms with Crippen molar-refractivity contribution in [3.05, 3.63) is 43.7 Å². The summed E-state index contributed by atoms with van der Waals surface area (Å²) in [5, 5.41) is 13.0. The molecule has 1 amide bonds. The van der Waals surface area contributed by atoms with Crippen LogP contribution in [0.1, 0.15) is 16.0 Å². The summed E-state index contributed by atoms with van der Waals surface area (Å²) in [6.07, 6.45) is 0. The van der Waals surface area contributed by atoms with Crippen LogP contribution in [0.4, 0.5) is 5.00 Å². The van der Waals surface area contributed by atoms with Crippen LogP contribution in [0, 0.1) is 25.2 Å². The second-order valence-electron chi connectivity index (χ2n) is 4.51. The van der Waals surface area contributed by atoms with E-state index in [4.69, 9.17) is 21.6 Å². The van der Waals surface area contributed by atoms with Gasteiger partial charge < -0.3 is 10.1 Å². The van der Waals surface area contributed by atoms with Crippen molar-refractivity contribution in [1.82, 2.24) is 0 Å². The number of carbonyl (C=O) groups excluding carboxylic acids is 1. The Hall–Kier alpha value is -1.55. The third kappa shape index (κ3) is 3.80. The lowest BCUT2D eigenvalue weighted by Crippen LogP contribution is -2.20. The van der Waals surface area contributed by atoms with Gasteiger partial charge >= 0.3 is 0 Å². The molecule has 7 heteroatoms. The lowest BCUT2D eigenvalue weighted by Gasteiger charge is -2.08. The molecule has 1 heterocycles. The molecule has 0 atom stereocenters. The summed E-state index contributed by atoms with van der Waals surface area (Å²) in [6.45, 7) is 3.63. The molecule has 0 saturated carbocycles. The highest BCUT2D eigenvalue weighted by Gasteiger charge is 2.15. The molecule has 2 aromatic rings. The molecule has 0 bridgehead atoms. The number of hydrogen-bond acceptors (Lipinski definition) is 4. The molecule has 0 unspecified atom stereocenters. The zero-order chi connectivity index (χ0) is 16.3. The number of thiophene rings is 1. The Bertz CT molecular complexity index is 768. The molecule has 0 spiro atoms. The number of carbonyl (C=O) groups is 1. The van der Waals surface area contributed by atoms with Gasteiger partial charge in [-0.05, 0) is 53.5 Å². The number of benzene rings is 1. The Morgan fingerprint density at radius 2 is 2.23 bits per heavy atom. The van der Waals surface area contributed by atoms with Crippen molar-refractivity contribution >= 4 is 49.8 Å². The fraction of sp³-hybridized carbons (Fsp3) is 0.200. The van der Waals surface area contributed by atoms with Crippen LogP contribution < -0.4 is 10.1 Å². The molecule has 0 radical (unpaired) electrons. The second kappa shape index (κ2) is 7.14. The molecule has 1 aromatic heterocycles. The summed E-state index contributed by atoms with van der Waals surface area (Å²) in [7, 11) is 0. The highest BCUT2D eigenvalue weighted by molar-refractivity contribution is 9.10. The van der Waals surface area contributed by atoms with Gasteiger partial charge in [0.15, 0.2) is 6.61 Å². The van der Waals surface area contributed by atoms with Crippen molar-refractivity contribution in [1.29, 1.82) is 5.26 Å². The molecule has 1 aromatic carbocycles. The third-order valence-electron chi connectivity index (χ3n) is 3.00. The average Bonchev–Trinajstić information content (AvgIpc) is 2.72. The highest BCUT2D eigenvalue weighted by atomic mass is 79.9. The summed E-state index contributed by atoms with van der Waals surface area (Å²) in [4.78, 5) is 13.0. The zero-order valence-electron chi connectivity index (χ0n) is 11.9. The Morgan fingerprint density at radius 1 is 1.50 bits per heavy atom. The van der Waals surface area contributed by atoms with E-state index in [1.165, 1.54) is 11.3 Å². The molecule has 0 aliphatic rings. The highest BCUT2D eigenvalue weighted by Crippen LogP contribution is 2.32. The number of anilines is 1. The number of ether oxygens (including phenoxy) is 1. The molecule has 0 fully saturated rings. The largest absolute Gasteiger partial charge is 0.483 e. The first-order chi connectivity index (χ1) is 10.4. The van der Waals surface area contributed by atoms with Gasteiger partial charge in [-0.15, -0.1) is 11.3 Å². The molecule has 0 saturated heterocycles. The van der Waals surface area contributed by atoms with Gasteiger partial charge in [-0.2, -0.15) is 5.26 Å². The minimum atomic E-state index is -0.320. The van der Waals surface area contributed by atoms with Crippen molar-refractivity contribution in [3.63, 3.8) is 0 Å². The first-order valence-electron chi connectivity index (χ1n) is 6.30. The fourth-order valence-electron chi connectivity index (χ4n) is 1.75. The minimum Gasteiger partial charge on any atom is -0.483 e. The predicted octanol–water partition coefficient (Wildman–Crippen LogP) is 4.67. The molecule has 1 N–H and O–H groups in total. The maximum absolute atomic E-state index is 12.0. The van der Waals surface area contributed by atoms with Crippen molar-refractivity contribution in [2.24, 2.45) is 0 Å². The number of aryl methyl sites for hydroxylation is 1. The zero-order valence-corrected chi connectivity index (χ0v) is 15.0. The second-order valence-corrected chi connectivity index (χ2v) is 7.03. The monoisotopic (exact) mass is 398 g/mol. The lowest BCUT2D eigenvalue weighted by atomic mass is 10.2. The van der Waals surface area contributed by atoms with E-state index in [0.717, 1.165) is 10.4 Å². The van der Waals surface area contributed by atoms with Crippen LogP contribution in [0.15, 0.2) is 22.7 Å². The maximum Gasteiger partial charge on any atom is 0.262 e. The van der Waals surface area contributed by atoms with E-state index in [9.17, 15) is 4.79 Å². The standard InChI is InChI=1S/C15H12BrClN2O2S/c1-8-9(2)22-15(11(8)6-18)19-14(20)7-21-13-4-3-10(17)5-12(13)16/h3-5H,7H2,1-2H3,(H,19,20). The number of nitrogens with zero attached hydrogens (tertiary/aromatic N) is 1. The van der Waals surface area contributed by atoms with E-state index in [1.54, 1.807) is 18.2 Å². The smallest absolute Gasteiger partial charge is 0.262 e. The predicted molar refractivity (Wildman–Crippen MR) is 91.8 cm³/mol. The van der Waals surface area contributed by atoms with Crippen LogP contribution in [-0.4, -0.2) is 12.5 Å². The van der Waals surface area contributed by atoms with Crippen LogP contribution in [0.25, 0.3) is 0 Å². The number of nitrogens with one attached hydrogen (secondary N) is 1. The van der Waals surface area contributed by atoms with Gasteiger partial charge in [0, 0.05) is 9.90 Å². The van der Waals surface area contributed by atoms with Gasteiger partial charge in [0.2, 0.25) is 0 Å². The number of hydrogen-bond donors (Lipinski definition) is 1. The first kappa shape index (κ1) is 16.8. The topological polar surface area (TPSA) is 62.1 Å². The van der Waals surface area contributed by atoms with Crippen molar-refractivity contribution in [3.8, 4) is 11.8 Å². The van der Waals surface area contributed by atoms with Crippen molar-refractivity contribution < 1.29 is 9.53 Å². The Labute approximate surface area is 145 Å². The molecular formula is C15H12BrClN2O2S. The molecule has 0 aliphatic heterocycles. The molecule has 22 heavy (non-hydrogen) atoms. The summed E-state index contributed by atoms with van der Waals surface area (Å²) in [5.41, 5.74) is 1.40. The van der Waals surface area contributed by atoms with E-state index in [1.807, 2.05) is 13.8 Å². The van der Waals surface area contributed by atoms with Crippen molar-refractivity contribution in [2.75, 3.05) is 11.9 Å². The minimum absolute atomic E-state index is 0.152. The Morgan fingerprint density at radius 3 is 2.86 bits per heavy atom. The van der Waals surface area contributed by atoms with Gasteiger partial charge in [-0.25, -0.2) is 0 Å². The normalized spacial score (nSPS) is 10.1. The third-order valence-corrected chi connectivity index (χ3v) is 4.98. The Balaban J connectivity index is 2.02. The SMILES string of the molecule is Cc1sc(NC(=O)COc2ccc(Cl)cc2Br)c(C#N)c1C. The van der Waals surface area contributed by atoms with E-state index >= 15 is 0 Å². The molecule has 114 valence electrons. The molecule has 4 nitrogen and oxygen atoms in total. The van der Waals surface area contributed by atoms with Crippen molar-refractivity contribution in [2.45, 2.75) is 13.8 Å². The quantitative estimate of drug-likeness (QED) is 0.812. The number of rotatable bonds is 4. The van der Waals surface area contributed by atoms with E-state index in [2.05, 4.69) is 27.3 Å². The van der Waals surface area contributed by atoms with Gasteiger partial charge in [-0.3, -0.25) is 4.79 Å².